The number of carbonyl (C=O) groups is 2. The van der Waals surface area contributed by atoms with Crippen LogP contribution in [0.5, 0.6) is 0 Å². The summed E-state index contributed by atoms with van der Waals surface area (Å²) in [5.74, 6) is -1.52. The summed E-state index contributed by atoms with van der Waals surface area (Å²) in [7, 11) is 0. The maximum atomic E-state index is 12.5. The van der Waals surface area contributed by atoms with E-state index in [-0.39, 0.29) is 47.3 Å². The number of nitrogens with one attached hydrogen (secondary N) is 1. The van der Waals surface area contributed by atoms with E-state index in [9.17, 15) is 19.5 Å². The molecule has 0 saturated carbocycles. The van der Waals surface area contributed by atoms with Crippen LogP contribution in [0.15, 0.2) is 35.4 Å². The first-order chi connectivity index (χ1) is 13.2. The Bertz CT molecular complexity index is 1160. The molecule has 1 amide bonds. The van der Waals surface area contributed by atoms with Gasteiger partial charge in [0.1, 0.15) is 5.65 Å². The van der Waals surface area contributed by atoms with E-state index in [0.717, 1.165) is 23.6 Å². The van der Waals surface area contributed by atoms with Gasteiger partial charge in [-0.2, -0.15) is 0 Å². The van der Waals surface area contributed by atoms with E-state index < -0.39 is 17.1 Å². The Hall–Kier alpha value is -2.22. The molecule has 0 aliphatic carbocycles. The van der Waals surface area contributed by atoms with Gasteiger partial charge in [-0.15, -0.1) is 0 Å². The summed E-state index contributed by atoms with van der Waals surface area (Å²) < 4.78 is 1.20. The molecular formula is C21H22N3NaO4. The molecule has 146 valence electrons. The zero-order valence-electron chi connectivity index (χ0n) is 17.3. The summed E-state index contributed by atoms with van der Waals surface area (Å²) in [6.45, 7) is 7.80. The second-order valence-electron chi connectivity index (χ2n) is 7.19. The molecule has 3 aromatic rings. The molecule has 0 fully saturated rings. The molecule has 1 aromatic carbocycles. The molecule has 0 bridgehead atoms. The van der Waals surface area contributed by atoms with Crippen LogP contribution in [0.4, 0.5) is 5.69 Å². The number of aryl methyl sites for hydroxylation is 1. The van der Waals surface area contributed by atoms with Crippen LogP contribution in [0.3, 0.4) is 0 Å². The van der Waals surface area contributed by atoms with Crippen LogP contribution in [-0.2, 0) is 4.79 Å². The summed E-state index contributed by atoms with van der Waals surface area (Å²) >= 11 is 0. The van der Waals surface area contributed by atoms with Crippen LogP contribution in [0.1, 0.15) is 43.1 Å². The van der Waals surface area contributed by atoms with Gasteiger partial charge in [0.2, 0.25) is 5.91 Å². The Morgan fingerprint density at radius 1 is 1.24 bits per heavy atom. The number of pyridine rings is 1. The van der Waals surface area contributed by atoms with Crippen molar-refractivity contribution in [3.63, 3.8) is 0 Å². The number of aromatic carboxylic acids is 1. The van der Waals surface area contributed by atoms with Gasteiger partial charge in [-0.3, -0.25) is 14.0 Å². The van der Waals surface area contributed by atoms with Crippen LogP contribution in [0, 0.1) is 18.8 Å². The smallest absolute Gasteiger partial charge is 0.545 e. The molecule has 0 saturated heterocycles. The maximum Gasteiger partial charge on any atom is 1.00 e. The van der Waals surface area contributed by atoms with Gasteiger partial charge >= 0.3 is 29.6 Å². The predicted octanol–water partition coefficient (Wildman–Crippen LogP) is -0.856. The molecule has 7 nitrogen and oxygen atoms in total. The van der Waals surface area contributed by atoms with E-state index in [1.54, 1.807) is 18.3 Å². The van der Waals surface area contributed by atoms with E-state index in [4.69, 9.17) is 0 Å². The quantitative estimate of drug-likeness (QED) is 0.441. The van der Waals surface area contributed by atoms with Crippen molar-refractivity contribution in [3.8, 4) is 0 Å². The zero-order chi connectivity index (χ0) is 20.6. The zero-order valence-corrected chi connectivity index (χ0v) is 19.3. The normalized spacial score (nSPS) is 13.0. The first-order valence-electron chi connectivity index (χ1n) is 9.21. The molecule has 0 radical (unpaired) electrons. The van der Waals surface area contributed by atoms with Crippen LogP contribution in [0.25, 0.3) is 16.4 Å². The van der Waals surface area contributed by atoms with Gasteiger partial charge in [0.25, 0.3) is 5.56 Å². The Labute approximate surface area is 190 Å². The number of nitrogens with zero attached hydrogens (tertiary/aromatic N) is 2. The van der Waals surface area contributed by atoms with Crippen molar-refractivity contribution in [2.75, 3.05) is 5.32 Å². The number of anilines is 1. The van der Waals surface area contributed by atoms with Crippen molar-refractivity contribution < 1.29 is 44.3 Å². The van der Waals surface area contributed by atoms with Crippen molar-refractivity contribution in [2.24, 2.45) is 11.8 Å². The summed E-state index contributed by atoms with van der Waals surface area (Å²) in [4.78, 5) is 40.2. The molecule has 1 N–H and O–H groups in total. The minimum Gasteiger partial charge on any atom is -0.545 e. The predicted molar refractivity (Wildman–Crippen MR) is 105 cm³/mol. The third-order valence-corrected chi connectivity index (χ3v) is 5.40. The number of rotatable bonds is 5. The third kappa shape index (κ3) is 4.37. The molecule has 2 aromatic heterocycles. The Balaban J connectivity index is 0.00000300. The molecule has 3 rings (SSSR count). The SMILES string of the molecule is CCC(C)C(C)C(=O)Nc1ccc2c(C)cn3c(=O)c(C(=O)[O-])cnc3c2c1.[Na+]. The van der Waals surface area contributed by atoms with Gasteiger partial charge in [-0.05, 0) is 35.9 Å². The maximum absolute atomic E-state index is 12.5. The average Bonchev–Trinajstić information content (AvgIpc) is 2.67. The number of fused-ring (bicyclic) bond motifs is 3. The molecule has 0 aliphatic heterocycles. The molecule has 2 heterocycles. The van der Waals surface area contributed by atoms with Gasteiger partial charge in [0, 0.05) is 29.4 Å². The topological polar surface area (TPSA) is 104 Å². The van der Waals surface area contributed by atoms with Gasteiger partial charge < -0.3 is 15.2 Å². The van der Waals surface area contributed by atoms with E-state index in [0.29, 0.717) is 16.7 Å². The van der Waals surface area contributed by atoms with Crippen LogP contribution in [0.2, 0.25) is 0 Å². The number of benzene rings is 1. The van der Waals surface area contributed by atoms with Crippen molar-refractivity contribution >= 4 is 34.0 Å². The van der Waals surface area contributed by atoms with E-state index in [1.807, 2.05) is 33.8 Å². The molecule has 29 heavy (non-hydrogen) atoms. The standard InChI is InChI=1S/C21H23N3O4.Na/c1-5-11(2)13(4)19(25)23-14-6-7-15-12(3)10-24-18(16(15)8-14)22-9-17(20(24)26)21(27)28;/h6-11,13H,5H2,1-4H3,(H,23,25)(H,27,28);/q;+1/p-1. The summed E-state index contributed by atoms with van der Waals surface area (Å²) in [5.41, 5.74) is 0.505. The minimum atomic E-state index is -1.57. The number of aromatic nitrogens is 2. The van der Waals surface area contributed by atoms with E-state index >= 15 is 0 Å². The average molecular weight is 403 g/mol. The number of carbonyl (C=O) groups excluding carboxylic acids is 2. The second-order valence-corrected chi connectivity index (χ2v) is 7.19. The molecule has 0 aliphatic rings. The molecule has 2 atom stereocenters. The van der Waals surface area contributed by atoms with Crippen molar-refractivity contribution in [1.82, 2.24) is 9.38 Å². The number of carboxylic acid groups (broad SMARTS) is 1. The van der Waals surface area contributed by atoms with E-state index in [1.165, 1.54) is 4.40 Å². The van der Waals surface area contributed by atoms with Gasteiger partial charge in [0.05, 0.1) is 11.5 Å². The van der Waals surface area contributed by atoms with Gasteiger partial charge in [-0.1, -0.05) is 33.3 Å². The van der Waals surface area contributed by atoms with Crippen molar-refractivity contribution in [1.29, 1.82) is 0 Å². The van der Waals surface area contributed by atoms with Crippen molar-refractivity contribution in [3.05, 3.63) is 52.1 Å². The molecule has 0 spiro atoms. The van der Waals surface area contributed by atoms with Crippen LogP contribution < -0.4 is 45.5 Å². The molecule has 2 unspecified atom stereocenters. The van der Waals surface area contributed by atoms with E-state index in [2.05, 4.69) is 10.3 Å². The monoisotopic (exact) mass is 403 g/mol. The second kappa shape index (κ2) is 9.07. The fourth-order valence-corrected chi connectivity index (χ4v) is 3.21. The number of amides is 1. The molecule has 8 heteroatoms. The first kappa shape index (κ1) is 23.1. The fraction of sp³-hybridized carbons (Fsp3) is 0.333. The van der Waals surface area contributed by atoms with Gasteiger partial charge in [0.15, 0.2) is 0 Å². The minimum absolute atomic E-state index is 0. The Morgan fingerprint density at radius 3 is 2.55 bits per heavy atom. The number of hydrogen-bond donors (Lipinski definition) is 1. The van der Waals surface area contributed by atoms with Gasteiger partial charge in [-0.25, -0.2) is 4.98 Å². The summed E-state index contributed by atoms with van der Waals surface area (Å²) in [6.07, 6.45) is 3.48. The largest absolute Gasteiger partial charge is 1.00 e. The number of carboxylic acids is 1. The Kier molecular flexibility index (Phi) is 7.21. The third-order valence-electron chi connectivity index (χ3n) is 5.40. The van der Waals surface area contributed by atoms with Crippen molar-refractivity contribution in [2.45, 2.75) is 34.1 Å². The van der Waals surface area contributed by atoms with Crippen LogP contribution in [-0.4, -0.2) is 21.3 Å². The fourth-order valence-electron chi connectivity index (χ4n) is 3.21. The van der Waals surface area contributed by atoms with Crippen LogP contribution >= 0.6 is 0 Å². The molecular weight excluding hydrogens is 381 g/mol. The summed E-state index contributed by atoms with van der Waals surface area (Å²) in [5, 5.41) is 15.6. The summed E-state index contributed by atoms with van der Waals surface area (Å²) in [6, 6.07) is 5.41. The first-order valence-corrected chi connectivity index (χ1v) is 9.21. The Morgan fingerprint density at radius 2 is 1.93 bits per heavy atom. The number of hydrogen-bond acceptors (Lipinski definition) is 5.